The summed E-state index contributed by atoms with van der Waals surface area (Å²) in [5, 5.41) is 12.7. The highest BCUT2D eigenvalue weighted by Crippen LogP contribution is 2.15. The molecule has 0 aliphatic heterocycles. The van der Waals surface area contributed by atoms with E-state index in [1.807, 2.05) is 6.92 Å². The predicted octanol–water partition coefficient (Wildman–Crippen LogP) is 2.19. The second-order valence-corrected chi connectivity index (χ2v) is 4.95. The summed E-state index contributed by atoms with van der Waals surface area (Å²) >= 11 is 0. The molecule has 0 aliphatic rings. The molecule has 0 saturated heterocycles. The Morgan fingerprint density at radius 2 is 2.29 bits per heavy atom. The summed E-state index contributed by atoms with van der Waals surface area (Å²) in [7, 11) is 0. The molecule has 2 aromatic heterocycles. The second kappa shape index (κ2) is 6.27. The van der Waals surface area contributed by atoms with Gasteiger partial charge < -0.3 is 13.8 Å². The van der Waals surface area contributed by atoms with Crippen molar-refractivity contribution >= 4 is 0 Å². The number of nitrogens with zero attached hydrogens (tertiary/aromatic N) is 3. The van der Waals surface area contributed by atoms with Gasteiger partial charge in [0.2, 0.25) is 0 Å². The molecule has 1 unspecified atom stereocenters. The fourth-order valence-electron chi connectivity index (χ4n) is 1.96. The largest absolute Gasteiger partial charge is 0.483 e. The Hall–Kier alpha value is -2.55. The zero-order chi connectivity index (χ0) is 15.4. The Labute approximate surface area is 122 Å². The van der Waals surface area contributed by atoms with Gasteiger partial charge in [-0.2, -0.15) is 5.26 Å². The number of hydrogen-bond acceptors (Lipinski definition) is 5. The van der Waals surface area contributed by atoms with Crippen molar-refractivity contribution in [1.82, 2.24) is 9.72 Å². The van der Waals surface area contributed by atoms with Gasteiger partial charge in [-0.25, -0.2) is 0 Å². The van der Waals surface area contributed by atoms with Gasteiger partial charge in [0.1, 0.15) is 12.4 Å². The van der Waals surface area contributed by atoms with Crippen LogP contribution in [0.2, 0.25) is 0 Å². The summed E-state index contributed by atoms with van der Waals surface area (Å²) in [5.41, 5.74) is 1.35. The molecule has 6 nitrogen and oxygen atoms in total. The average molecular weight is 287 g/mol. The first-order chi connectivity index (χ1) is 10.0. The van der Waals surface area contributed by atoms with Crippen molar-refractivity contribution < 1.29 is 9.26 Å². The van der Waals surface area contributed by atoms with Gasteiger partial charge in [-0.3, -0.25) is 4.79 Å². The lowest BCUT2D eigenvalue weighted by atomic mass is 10.2. The van der Waals surface area contributed by atoms with Gasteiger partial charge in [-0.15, -0.1) is 0 Å². The van der Waals surface area contributed by atoms with Crippen LogP contribution in [0.4, 0.5) is 0 Å². The van der Waals surface area contributed by atoms with E-state index in [0.717, 1.165) is 11.3 Å². The molecule has 0 aromatic carbocycles. The Balaban J connectivity index is 2.16. The molecule has 0 N–H and O–H groups in total. The molecular formula is C15H17N3O3. The third-order valence-corrected chi connectivity index (χ3v) is 3.23. The second-order valence-electron chi connectivity index (χ2n) is 4.95. The Kier molecular flexibility index (Phi) is 4.43. The molecule has 21 heavy (non-hydrogen) atoms. The van der Waals surface area contributed by atoms with Gasteiger partial charge >= 0.3 is 0 Å². The predicted molar refractivity (Wildman–Crippen MR) is 75.8 cm³/mol. The van der Waals surface area contributed by atoms with Gasteiger partial charge in [-0.1, -0.05) is 5.16 Å². The van der Waals surface area contributed by atoms with E-state index in [1.54, 1.807) is 32.2 Å². The molecular weight excluding hydrogens is 270 g/mol. The summed E-state index contributed by atoms with van der Waals surface area (Å²) in [6.45, 7) is 5.97. The van der Waals surface area contributed by atoms with Crippen LogP contribution in [0.1, 0.15) is 23.9 Å². The lowest BCUT2D eigenvalue weighted by molar-refractivity contribution is 0.294. The monoisotopic (exact) mass is 287 g/mol. The van der Waals surface area contributed by atoms with Crippen LogP contribution in [-0.2, 0) is 13.2 Å². The van der Waals surface area contributed by atoms with Crippen molar-refractivity contribution in [2.75, 3.05) is 0 Å². The van der Waals surface area contributed by atoms with Gasteiger partial charge in [-0.05, 0) is 32.9 Å². The number of ether oxygens (including phenoxy) is 1. The lowest BCUT2D eigenvalue weighted by Gasteiger charge is -2.10. The first-order valence-electron chi connectivity index (χ1n) is 6.66. The van der Waals surface area contributed by atoms with Crippen molar-refractivity contribution in [2.24, 2.45) is 5.92 Å². The normalized spacial score (nSPS) is 11.9. The SMILES string of the molecule is Cc1noc(C)c1COc1cccn(CC(C)C#N)c1=O. The minimum Gasteiger partial charge on any atom is -0.483 e. The van der Waals surface area contributed by atoms with Crippen molar-refractivity contribution in [3.05, 3.63) is 45.7 Å². The lowest BCUT2D eigenvalue weighted by Crippen LogP contribution is -2.23. The van der Waals surface area contributed by atoms with E-state index in [9.17, 15) is 4.79 Å². The highest BCUT2D eigenvalue weighted by Gasteiger charge is 2.12. The van der Waals surface area contributed by atoms with Crippen LogP contribution >= 0.6 is 0 Å². The van der Waals surface area contributed by atoms with Gasteiger partial charge in [0.25, 0.3) is 5.56 Å². The molecule has 0 fully saturated rings. The summed E-state index contributed by atoms with van der Waals surface area (Å²) < 4.78 is 12.1. The summed E-state index contributed by atoms with van der Waals surface area (Å²) in [6, 6.07) is 5.46. The van der Waals surface area contributed by atoms with Gasteiger partial charge in [0, 0.05) is 12.7 Å². The molecule has 0 spiro atoms. The maximum Gasteiger partial charge on any atom is 0.292 e. The molecule has 110 valence electrons. The average Bonchev–Trinajstić information content (AvgIpc) is 2.79. The van der Waals surface area contributed by atoms with Crippen LogP contribution in [-0.4, -0.2) is 9.72 Å². The molecule has 0 bridgehead atoms. The van der Waals surface area contributed by atoms with E-state index < -0.39 is 0 Å². The molecule has 2 rings (SSSR count). The Bertz CT molecular complexity index is 705. The van der Waals surface area contributed by atoms with Crippen LogP contribution in [0.15, 0.2) is 27.6 Å². The molecule has 2 aromatic rings. The fourth-order valence-corrected chi connectivity index (χ4v) is 1.96. The quantitative estimate of drug-likeness (QED) is 0.842. The summed E-state index contributed by atoms with van der Waals surface area (Å²) in [5.74, 6) is 0.699. The van der Waals surface area contributed by atoms with Crippen LogP contribution in [0.5, 0.6) is 5.75 Å². The van der Waals surface area contributed by atoms with E-state index in [-0.39, 0.29) is 23.8 Å². The van der Waals surface area contributed by atoms with E-state index in [4.69, 9.17) is 14.5 Å². The van der Waals surface area contributed by atoms with E-state index in [1.165, 1.54) is 4.57 Å². The smallest absolute Gasteiger partial charge is 0.292 e. The summed E-state index contributed by atoms with van der Waals surface area (Å²) in [6.07, 6.45) is 1.65. The number of rotatable bonds is 5. The number of pyridine rings is 1. The highest BCUT2D eigenvalue weighted by molar-refractivity contribution is 5.22. The maximum absolute atomic E-state index is 12.2. The van der Waals surface area contributed by atoms with Crippen molar-refractivity contribution in [3.8, 4) is 11.8 Å². The van der Waals surface area contributed by atoms with Crippen LogP contribution in [0, 0.1) is 31.1 Å². The minimum atomic E-state index is -0.244. The first-order valence-corrected chi connectivity index (χ1v) is 6.66. The molecule has 0 saturated carbocycles. The number of nitriles is 1. The Morgan fingerprint density at radius 3 is 2.90 bits per heavy atom. The van der Waals surface area contributed by atoms with Gasteiger partial charge in [0.05, 0.1) is 23.2 Å². The Morgan fingerprint density at radius 1 is 1.52 bits per heavy atom. The number of aryl methyl sites for hydroxylation is 2. The van der Waals surface area contributed by atoms with E-state index in [0.29, 0.717) is 12.3 Å². The molecule has 1 atom stereocenters. The van der Waals surface area contributed by atoms with E-state index >= 15 is 0 Å². The first kappa shape index (κ1) is 14.9. The molecule has 2 heterocycles. The standard InChI is InChI=1S/C15H17N3O3/c1-10(7-16)8-18-6-4-5-14(15(18)19)20-9-13-11(2)17-21-12(13)3/h4-6,10H,8-9H2,1-3H3. The van der Waals surface area contributed by atoms with Crippen LogP contribution in [0.25, 0.3) is 0 Å². The molecule has 6 heteroatoms. The van der Waals surface area contributed by atoms with Crippen LogP contribution in [0.3, 0.4) is 0 Å². The molecule has 0 amide bonds. The van der Waals surface area contributed by atoms with Gasteiger partial charge in [0.15, 0.2) is 5.75 Å². The minimum absolute atomic E-state index is 0.230. The number of aromatic nitrogens is 2. The summed E-state index contributed by atoms with van der Waals surface area (Å²) in [4.78, 5) is 12.2. The molecule has 0 radical (unpaired) electrons. The third kappa shape index (κ3) is 3.31. The molecule has 0 aliphatic carbocycles. The highest BCUT2D eigenvalue weighted by atomic mass is 16.5. The van der Waals surface area contributed by atoms with Crippen molar-refractivity contribution in [2.45, 2.75) is 33.9 Å². The van der Waals surface area contributed by atoms with E-state index in [2.05, 4.69) is 11.2 Å². The third-order valence-electron chi connectivity index (χ3n) is 3.23. The zero-order valence-electron chi connectivity index (χ0n) is 12.3. The van der Waals surface area contributed by atoms with Crippen molar-refractivity contribution in [3.63, 3.8) is 0 Å². The fraction of sp³-hybridized carbons (Fsp3) is 0.400. The maximum atomic E-state index is 12.2. The zero-order valence-corrected chi connectivity index (χ0v) is 12.3. The van der Waals surface area contributed by atoms with Crippen molar-refractivity contribution in [1.29, 1.82) is 5.26 Å². The number of hydrogen-bond donors (Lipinski definition) is 0. The topological polar surface area (TPSA) is 81.1 Å². The van der Waals surface area contributed by atoms with Crippen LogP contribution < -0.4 is 10.3 Å².